The Bertz CT molecular complexity index is 426. The van der Waals surface area contributed by atoms with Crippen molar-refractivity contribution in [3.05, 3.63) is 21.4 Å². The first kappa shape index (κ1) is 12.6. The molecule has 2 nitrogen and oxygen atoms in total. The van der Waals surface area contributed by atoms with Crippen LogP contribution in [0.2, 0.25) is 0 Å². The summed E-state index contributed by atoms with van der Waals surface area (Å²) < 4.78 is 4.78. The lowest BCUT2D eigenvalue weighted by molar-refractivity contribution is 0.0606. The summed E-state index contributed by atoms with van der Waals surface area (Å²) >= 11 is 1.61. The number of carbonyl (C=O) groups excluding carboxylic acids is 1. The van der Waals surface area contributed by atoms with E-state index >= 15 is 0 Å². The van der Waals surface area contributed by atoms with E-state index in [0.717, 1.165) is 23.6 Å². The maximum atomic E-state index is 11.5. The van der Waals surface area contributed by atoms with E-state index in [4.69, 9.17) is 4.74 Å². The molecule has 0 fully saturated rings. The van der Waals surface area contributed by atoms with E-state index in [0.29, 0.717) is 5.41 Å². The molecule has 1 aromatic rings. The first-order chi connectivity index (χ1) is 7.91. The Kier molecular flexibility index (Phi) is 3.30. The second-order valence-electron chi connectivity index (χ2n) is 5.86. The fraction of sp³-hybridized carbons (Fsp3) is 0.643. The van der Waals surface area contributed by atoms with Crippen LogP contribution < -0.4 is 0 Å². The van der Waals surface area contributed by atoms with Gasteiger partial charge >= 0.3 is 5.97 Å². The highest BCUT2D eigenvalue weighted by molar-refractivity contribution is 7.14. The molecule has 0 saturated carbocycles. The Labute approximate surface area is 107 Å². The zero-order valence-electron chi connectivity index (χ0n) is 11.0. The standard InChI is InChI=1S/C14H20O2S/c1-14(2,3)10-5-6-11-9(7-10)8-12(17-11)13(15)16-4/h8,10H,5-7H2,1-4H3/t10-/m0/s1. The van der Waals surface area contributed by atoms with Crippen LogP contribution in [0.3, 0.4) is 0 Å². The largest absolute Gasteiger partial charge is 0.465 e. The maximum absolute atomic E-state index is 11.5. The number of carbonyl (C=O) groups is 1. The molecule has 0 radical (unpaired) electrons. The number of thiophene rings is 1. The summed E-state index contributed by atoms with van der Waals surface area (Å²) in [6, 6.07) is 2.03. The lowest BCUT2D eigenvalue weighted by Gasteiger charge is -2.33. The van der Waals surface area contributed by atoms with Crippen LogP contribution in [0.5, 0.6) is 0 Å². The summed E-state index contributed by atoms with van der Waals surface area (Å²) in [5, 5.41) is 0. The number of ether oxygens (including phenoxy) is 1. The fourth-order valence-electron chi connectivity index (χ4n) is 2.46. The molecule has 94 valence electrons. The Hall–Kier alpha value is -0.830. The van der Waals surface area contributed by atoms with Gasteiger partial charge < -0.3 is 4.74 Å². The van der Waals surface area contributed by atoms with Crippen LogP contribution in [-0.4, -0.2) is 13.1 Å². The molecule has 1 aliphatic rings. The third-order valence-electron chi connectivity index (χ3n) is 3.69. The van der Waals surface area contributed by atoms with Crippen molar-refractivity contribution in [2.45, 2.75) is 40.0 Å². The lowest BCUT2D eigenvalue weighted by Crippen LogP contribution is -2.26. The third kappa shape index (κ3) is 2.54. The number of hydrogen-bond donors (Lipinski definition) is 0. The molecule has 0 aliphatic heterocycles. The minimum absolute atomic E-state index is 0.197. The summed E-state index contributed by atoms with van der Waals surface area (Å²) in [6.07, 6.45) is 3.45. The molecule has 0 unspecified atom stereocenters. The smallest absolute Gasteiger partial charge is 0.348 e. The van der Waals surface area contributed by atoms with Gasteiger partial charge in [0.15, 0.2) is 0 Å². The van der Waals surface area contributed by atoms with Gasteiger partial charge in [0.1, 0.15) is 4.88 Å². The number of esters is 1. The molecule has 1 aliphatic carbocycles. The zero-order chi connectivity index (χ0) is 12.6. The topological polar surface area (TPSA) is 26.3 Å². The minimum atomic E-state index is -0.197. The highest BCUT2D eigenvalue weighted by Gasteiger charge is 2.30. The van der Waals surface area contributed by atoms with Gasteiger partial charge in [0.2, 0.25) is 0 Å². The van der Waals surface area contributed by atoms with E-state index in [1.165, 1.54) is 24.0 Å². The van der Waals surface area contributed by atoms with Crippen molar-refractivity contribution in [2.24, 2.45) is 11.3 Å². The van der Waals surface area contributed by atoms with Gasteiger partial charge in [-0.05, 0) is 42.2 Å². The van der Waals surface area contributed by atoms with Gasteiger partial charge in [-0.3, -0.25) is 0 Å². The number of methoxy groups -OCH3 is 1. The van der Waals surface area contributed by atoms with Crippen LogP contribution in [0.4, 0.5) is 0 Å². The maximum Gasteiger partial charge on any atom is 0.348 e. The van der Waals surface area contributed by atoms with Crippen LogP contribution in [-0.2, 0) is 17.6 Å². The molecule has 0 spiro atoms. The molecule has 0 saturated heterocycles. The lowest BCUT2D eigenvalue weighted by atomic mass is 9.72. The average molecular weight is 252 g/mol. The molecule has 0 bridgehead atoms. The van der Waals surface area contributed by atoms with Gasteiger partial charge in [-0.1, -0.05) is 20.8 Å². The fourth-order valence-corrected chi connectivity index (χ4v) is 3.59. The van der Waals surface area contributed by atoms with E-state index in [1.807, 2.05) is 6.07 Å². The normalized spacial score (nSPS) is 19.9. The average Bonchev–Trinajstić information content (AvgIpc) is 2.69. The molecule has 0 N–H and O–H groups in total. The molecule has 2 rings (SSSR count). The quantitative estimate of drug-likeness (QED) is 0.713. The van der Waals surface area contributed by atoms with Crippen LogP contribution in [0.1, 0.15) is 47.3 Å². The summed E-state index contributed by atoms with van der Waals surface area (Å²) in [5.41, 5.74) is 1.71. The Morgan fingerprint density at radius 2 is 2.18 bits per heavy atom. The zero-order valence-corrected chi connectivity index (χ0v) is 11.8. The van der Waals surface area contributed by atoms with Crippen LogP contribution in [0.25, 0.3) is 0 Å². The molecule has 1 heterocycles. The SMILES string of the molecule is COC(=O)c1cc2c(s1)CC[C@H](C(C)(C)C)C2. The van der Waals surface area contributed by atoms with Gasteiger partial charge in [-0.15, -0.1) is 11.3 Å². The van der Waals surface area contributed by atoms with Crippen LogP contribution in [0.15, 0.2) is 6.07 Å². The molecule has 1 atom stereocenters. The van der Waals surface area contributed by atoms with Crippen LogP contribution >= 0.6 is 11.3 Å². The number of hydrogen-bond acceptors (Lipinski definition) is 3. The van der Waals surface area contributed by atoms with Gasteiger partial charge in [0.25, 0.3) is 0 Å². The Balaban J connectivity index is 2.21. The minimum Gasteiger partial charge on any atom is -0.465 e. The number of fused-ring (bicyclic) bond motifs is 1. The Morgan fingerprint density at radius 3 is 2.76 bits per heavy atom. The van der Waals surface area contributed by atoms with Crippen molar-refractivity contribution < 1.29 is 9.53 Å². The molecule has 1 aromatic heterocycles. The van der Waals surface area contributed by atoms with E-state index in [1.54, 1.807) is 11.3 Å². The predicted octanol–water partition coefficient (Wildman–Crippen LogP) is 3.69. The van der Waals surface area contributed by atoms with Gasteiger partial charge in [-0.2, -0.15) is 0 Å². The second kappa shape index (κ2) is 4.45. The number of aryl methyl sites for hydroxylation is 1. The predicted molar refractivity (Wildman–Crippen MR) is 70.6 cm³/mol. The monoisotopic (exact) mass is 252 g/mol. The number of rotatable bonds is 1. The van der Waals surface area contributed by atoms with Gasteiger partial charge in [0, 0.05) is 4.88 Å². The first-order valence-electron chi connectivity index (χ1n) is 6.11. The van der Waals surface area contributed by atoms with Crippen molar-refractivity contribution >= 4 is 17.3 Å². The van der Waals surface area contributed by atoms with Crippen molar-refractivity contribution in [3.63, 3.8) is 0 Å². The van der Waals surface area contributed by atoms with E-state index in [2.05, 4.69) is 20.8 Å². The van der Waals surface area contributed by atoms with Crippen molar-refractivity contribution in [1.29, 1.82) is 0 Å². The summed E-state index contributed by atoms with van der Waals surface area (Å²) in [7, 11) is 1.44. The Morgan fingerprint density at radius 1 is 1.47 bits per heavy atom. The van der Waals surface area contributed by atoms with Crippen LogP contribution in [0, 0.1) is 11.3 Å². The molecular weight excluding hydrogens is 232 g/mol. The highest BCUT2D eigenvalue weighted by Crippen LogP contribution is 2.40. The summed E-state index contributed by atoms with van der Waals surface area (Å²) in [5.74, 6) is 0.520. The summed E-state index contributed by atoms with van der Waals surface area (Å²) in [6.45, 7) is 6.91. The second-order valence-corrected chi connectivity index (χ2v) is 6.99. The van der Waals surface area contributed by atoms with Crippen molar-refractivity contribution in [1.82, 2.24) is 0 Å². The van der Waals surface area contributed by atoms with Gasteiger partial charge in [0.05, 0.1) is 7.11 Å². The van der Waals surface area contributed by atoms with Crippen molar-refractivity contribution in [2.75, 3.05) is 7.11 Å². The van der Waals surface area contributed by atoms with Gasteiger partial charge in [-0.25, -0.2) is 4.79 Å². The molecular formula is C14H20O2S. The molecule has 3 heteroatoms. The first-order valence-corrected chi connectivity index (χ1v) is 6.93. The summed E-state index contributed by atoms with van der Waals surface area (Å²) in [4.78, 5) is 13.6. The van der Waals surface area contributed by atoms with Crippen molar-refractivity contribution in [3.8, 4) is 0 Å². The third-order valence-corrected chi connectivity index (χ3v) is 4.91. The van der Waals surface area contributed by atoms with E-state index < -0.39 is 0 Å². The highest BCUT2D eigenvalue weighted by atomic mass is 32.1. The molecule has 17 heavy (non-hydrogen) atoms. The van der Waals surface area contributed by atoms with E-state index in [-0.39, 0.29) is 5.97 Å². The van der Waals surface area contributed by atoms with E-state index in [9.17, 15) is 4.79 Å². The molecule has 0 amide bonds. The molecule has 0 aromatic carbocycles.